The summed E-state index contributed by atoms with van der Waals surface area (Å²) in [5, 5.41) is 4.34. The van der Waals surface area contributed by atoms with Gasteiger partial charge >= 0.3 is 0 Å². The van der Waals surface area contributed by atoms with Gasteiger partial charge in [0.25, 0.3) is 11.8 Å². The van der Waals surface area contributed by atoms with Crippen LogP contribution in [0.1, 0.15) is 10.4 Å². The molecule has 0 spiro atoms. The second-order valence-corrected chi connectivity index (χ2v) is 7.64. The predicted molar refractivity (Wildman–Crippen MR) is 126 cm³/mol. The van der Waals surface area contributed by atoms with Crippen LogP contribution in [-0.2, 0) is 4.79 Å². The summed E-state index contributed by atoms with van der Waals surface area (Å²) in [6, 6.07) is 18.3. The number of rotatable bonds is 5. The number of hydrogen-bond donors (Lipinski definition) is 3. The zero-order valence-corrected chi connectivity index (χ0v) is 18.9. The first kappa shape index (κ1) is 21.8. The van der Waals surface area contributed by atoms with E-state index in [0.717, 1.165) is 14.3 Å². The van der Waals surface area contributed by atoms with Gasteiger partial charge in [-0.3, -0.25) is 25.8 Å². The van der Waals surface area contributed by atoms with Crippen molar-refractivity contribution in [1.82, 2.24) is 16.2 Å². The van der Waals surface area contributed by atoms with Gasteiger partial charge in [0.05, 0.1) is 10.7 Å². The summed E-state index contributed by atoms with van der Waals surface area (Å²) in [7, 11) is 1.56. The molecule has 3 aromatic rings. The zero-order chi connectivity index (χ0) is 21.5. The molecule has 0 heterocycles. The maximum atomic E-state index is 12.2. The van der Waals surface area contributed by atoms with Gasteiger partial charge in [-0.15, -0.1) is 0 Å². The first-order chi connectivity index (χ1) is 14.5. The van der Waals surface area contributed by atoms with E-state index < -0.39 is 11.8 Å². The van der Waals surface area contributed by atoms with Crippen molar-refractivity contribution in [2.75, 3.05) is 13.7 Å². The van der Waals surface area contributed by atoms with Crippen molar-refractivity contribution in [1.29, 1.82) is 0 Å². The Morgan fingerprint density at radius 1 is 1.00 bits per heavy atom. The molecule has 154 valence electrons. The largest absolute Gasteiger partial charge is 0.496 e. The molecule has 0 fully saturated rings. The highest BCUT2D eigenvalue weighted by Gasteiger charge is 2.11. The number of carbonyl (C=O) groups excluding carboxylic acids is 2. The first-order valence-corrected chi connectivity index (χ1v) is 10.3. The number of ether oxygens (including phenoxy) is 2. The molecule has 0 bridgehead atoms. The van der Waals surface area contributed by atoms with Crippen molar-refractivity contribution in [3.8, 4) is 11.5 Å². The highest BCUT2D eigenvalue weighted by Crippen LogP contribution is 2.25. The molecule has 3 aromatic carbocycles. The number of thiocarbonyl (C=S) groups is 1. The number of benzene rings is 3. The van der Waals surface area contributed by atoms with Crippen molar-refractivity contribution >= 4 is 62.5 Å². The third-order valence-electron chi connectivity index (χ3n) is 4.06. The fourth-order valence-electron chi connectivity index (χ4n) is 2.65. The van der Waals surface area contributed by atoms with Crippen molar-refractivity contribution in [3.05, 3.63) is 69.8 Å². The number of fused-ring (bicyclic) bond motifs is 1. The zero-order valence-electron chi connectivity index (χ0n) is 15.9. The van der Waals surface area contributed by atoms with E-state index in [4.69, 9.17) is 21.7 Å². The Morgan fingerprint density at radius 2 is 1.77 bits per heavy atom. The van der Waals surface area contributed by atoms with E-state index in [1.165, 1.54) is 0 Å². The average Bonchev–Trinajstić information content (AvgIpc) is 2.76. The second kappa shape index (κ2) is 10.2. The highest BCUT2D eigenvalue weighted by molar-refractivity contribution is 14.1. The highest BCUT2D eigenvalue weighted by atomic mass is 127. The SMILES string of the molecule is COc1ccc(C(=O)NNC(=S)NC(=O)COc2cccc3ccccc23)cc1I. The summed E-state index contributed by atoms with van der Waals surface area (Å²) >= 11 is 7.11. The lowest BCUT2D eigenvalue weighted by atomic mass is 10.1. The summed E-state index contributed by atoms with van der Waals surface area (Å²) < 4.78 is 11.6. The Labute approximate surface area is 192 Å². The number of hydrogen-bond acceptors (Lipinski definition) is 5. The van der Waals surface area contributed by atoms with E-state index in [1.807, 2.05) is 36.4 Å². The molecule has 0 unspecified atom stereocenters. The molecule has 3 rings (SSSR count). The molecule has 30 heavy (non-hydrogen) atoms. The summed E-state index contributed by atoms with van der Waals surface area (Å²) in [4.78, 5) is 24.3. The van der Waals surface area contributed by atoms with Crippen LogP contribution in [0.25, 0.3) is 10.8 Å². The van der Waals surface area contributed by atoms with Crippen LogP contribution in [-0.4, -0.2) is 30.6 Å². The standard InChI is InChI=1S/C21H18IN3O4S/c1-28-18-10-9-14(11-16(18)22)20(27)24-25-21(30)23-19(26)12-29-17-8-4-6-13-5-2-3-7-15(13)17/h2-11H,12H2,1H3,(H,24,27)(H2,23,25,26,30). The Morgan fingerprint density at radius 3 is 2.53 bits per heavy atom. The van der Waals surface area contributed by atoms with Gasteiger partial charge in [-0.25, -0.2) is 0 Å². The normalized spacial score (nSPS) is 10.2. The maximum absolute atomic E-state index is 12.2. The molecular weight excluding hydrogens is 517 g/mol. The number of carbonyl (C=O) groups is 2. The van der Waals surface area contributed by atoms with Gasteiger partial charge in [-0.05, 0) is 64.5 Å². The van der Waals surface area contributed by atoms with Crippen LogP contribution in [0.3, 0.4) is 0 Å². The van der Waals surface area contributed by atoms with Gasteiger partial charge in [-0.1, -0.05) is 36.4 Å². The molecule has 0 aliphatic heterocycles. The van der Waals surface area contributed by atoms with E-state index in [1.54, 1.807) is 31.4 Å². The fourth-order valence-corrected chi connectivity index (χ4v) is 3.55. The molecule has 0 saturated carbocycles. The Bertz CT molecular complexity index is 1100. The fraction of sp³-hybridized carbons (Fsp3) is 0.0952. The van der Waals surface area contributed by atoms with Crippen molar-refractivity contribution in [2.24, 2.45) is 0 Å². The minimum atomic E-state index is -0.450. The minimum Gasteiger partial charge on any atom is -0.496 e. The van der Waals surface area contributed by atoms with Gasteiger partial charge in [0.15, 0.2) is 11.7 Å². The smallest absolute Gasteiger partial charge is 0.269 e. The summed E-state index contributed by atoms with van der Waals surface area (Å²) in [5.74, 6) is 0.423. The number of hydrazine groups is 1. The van der Waals surface area contributed by atoms with Gasteiger partial charge < -0.3 is 9.47 Å². The third kappa shape index (κ3) is 5.57. The summed E-state index contributed by atoms with van der Waals surface area (Å²) in [6.07, 6.45) is 0. The van der Waals surface area contributed by atoms with Crippen molar-refractivity contribution < 1.29 is 19.1 Å². The van der Waals surface area contributed by atoms with E-state index in [-0.39, 0.29) is 11.7 Å². The molecule has 0 aromatic heterocycles. The Hall–Kier alpha value is -2.92. The molecule has 9 heteroatoms. The van der Waals surface area contributed by atoms with Gasteiger partial charge in [0, 0.05) is 10.9 Å². The Kier molecular flexibility index (Phi) is 7.41. The van der Waals surface area contributed by atoms with Crippen LogP contribution < -0.4 is 25.6 Å². The number of halogens is 1. The monoisotopic (exact) mass is 535 g/mol. The predicted octanol–water partition coefficient (Wildman–Crippen LogP) is 3.17. The van der Waals surface area contributed by atoms with Gasteiger partial charge in [0.1, 0.15) is 11.5 Å². The van der Waals surface area contributed by atoms with Crippen molar-refractivity contribution in [2.45, 2.75) is 0 Å². The molecule has 0 radical (unpaired) electrons. The quantitative estimate of drug-likeness (QED) is 0.265. The molecule has 0 atom stereocenters. The summed E-state index contributed by atoms with van der Waals surface area (Å²) in [6.45, 7) is -0.222. The van der Waals surface area contributed by atoms with E-state index in [0.29, 0.717) is 17.1 Å². The molecule has 3 N–H and O–H groups in total. The topological polar surface area (TPSA) is 88.7 Å². The van der Waals surface area contributed by atoms with Crippen LogP contribution in [0.5, 0.6) is 11.5 Å². The van der Waals surface area contributed by atoms with E-state index in [2.05, 4.69) is 38.8 Å². The lowest BCUT2D eigenvalue weighted by molar-refractivity contribution is -0.121. The van der Waals surface area contributed by atoms with Crippen LogP contribution in [0, 0.1) is 3.57 Å². The average molecular weight is 535 g/mol. The summed E-state index contributed by atoms with van der Waals surface area (Å²) in [5.41, 5.74) is 5.35. The molecule has 7 nitrogen and oxygen atoms in total. The van der Waals surface area contributed by atoms with Gasteiger partial charge in [-0.2, -0.15) is 0 Å². The molecule has 2 amide bonds. The molecule has 0 aliphatic rings. The van der Waals surface area contributed by atoms with E-state index in [9.17, 15) is 9.59 Å². The molecular formula is C21H18IN3O4S. The second-order valence-electron chi connectivity index (χ2n) is 6.07. The number of nitrogens with one attached hydrogen (secondary N) is 3. The lowest BCUT2D eigenvalue weighted by Crippen LogP contribution is -2.49. The van der Waals surface area contributed by atoms with Crippen LogP contribution in [0.4, 0.5) is 0 Å². The molecule has 0 aliphatic carbocycles. The number of methoxy groups -OCH3 is 1. The molecule has 0 saturated heterocycles. The van der Waals surface area contributed by atoms with Crippen LogP contribution in [0.15, 0.2) is 60.7 Å². The van der Waals surface area contributed by atoms with Crippen LogP contribution in [0.2, 0.25) is 0 Å². The maximum Gasteiger partial charge on any atom is 0.269 e. The number of amides is 2. The third-order valence-corrected chi connectivity index (χ3v) is 5.11. The minimum absolute atomic E-state index is 0.0434. The lowest BCUT2D eigenvalue weighted by Gasteiger charge is -2.12. The van der Waals surface area contributed by atoms with Crippen molar-refractivity contribution in [3.63, 3.8) is 0 Å². The van der Waals surface area contributed by atoms with Gasteiger partial charge in [0.2, 0.25) is 0 Å². The van der Waals surface area contributed by atoms with Crippen LogP contribution >= 0.6 is 34.8 Å². The Balaban J connectivity index is 1.48. The van der Waals surface area contributed by atoms with E-state index >= 15 is 0 Å². The first-order valence-electron chi connectivity index (χ1n) is 8.82.